The summed E-state index contributed by atoms with van der Waals surface area (Å²) in [5, 5.41) is 3.44. The third kappa shape index (κ3) is 2.78. The van der Waals surface area contributed by atoms with Gasteiger partial charge in [0.05, 0.1) is 6.04 Å². The number of furan rings is 1. The Morgan fingerprint density at radius 1 is 1.15 bits per heavy atom. The maximum absolute atomic E-state index is 14.2. The van der Waals surface area contributed by atoms with Gasteiger partial charge in [0.1, 0.15) is 17.3 Å². The topological polar surface area (TPSA) is 25.2 Å². The summed E-state index contributed by atoms with van der Waals surface area (Å²) >= 11 is 0. The molecule has 0 spiro atoms. The highest BCUT2D eigenvalue weighted by Gasteiger charge is 2.24. The highest BCUT2D eigenvalue weighted by Crippen LogP contribution is 2.32. The van der Waals surface area contributed by atoms with E-state index in [0.29, 0.717) is 5.56 Å². The maximum Gasteiger partial charge on any atom is 0.128 e. The smallest absolute Gasteiger partial charge is 0.128 e. The Kier molecular flexibility index (Phi) is 4.61. The van der Waals surface area contributed by atoms with Crippen LogP contribution in [0, 0.1) is 26.6 Å². The van der Waals surface area contributed by atoms with E-state index in [1.807, 2.05) is 32.9 Å². The first-order chi connectivity index (χ1) is 9.56. The van der Waals surface area contributed by atoms with Crippen LogP contribution in [0.2, 0.25) is 0 Å². The van der Waals surface area contributed by atoms with Crippen molar-refractivity contribution in [3.8, 4) is 0 Å². The molecule has 0 radical (unpaired) electrons. The molecule has 1 heterocycles. The molecule has 1 aromatic heterocycles. The molecular formula is C17H22FNO. The zero-order chi connectivity index (χ0) is 14.7. The molecule has 2 nitrogen and oxygen atoms in total. The average molecular weight is 275 g/mol. The Labute approximate surface area is 120 Å². The molecular weight excluding hydrogens is 253 g/mol. The molecule has 1 aromatic carbocycles. The number of halogens is 1. The summed E-state index contributed by atoms with van der Waals surface area (Å²) in [6.07, 6.45) is 1.000. The van der Waals surface area contributed by atoms with Gasteiger partial charge in [0, 0.05) is 11.1 Å². The lowest BCUT2D eigenvalue weighted by molar-refractivity contribution is 0.489. The minimum absolute atomic E-state index is 0.159. The number of nitrogens with one attached hydrogen (secondary N) is 1. The van der Waals surface area contributed by atoms with Gasteiger partial charge >= 0.3 is 0 Å². The van der Waals surface area contributed by atoms with E-state index in [1.165, 1.54) is 6.07 Å². The van der Waals surface area contributed by atoms with Crippen molar-refractivity contribution in [3.05, 3.63) is 58.3 Å². The number of rotatable bonds is 5. The molecule has 0 bridgehead atoms. The third-order valence-corrected chi connectivity index (χ3v) is 3.72. The maximum atomic E-state index is 14.2. The standard InChI is InChI=1S/C17H22FNO/c1-5-10-19-17(14-8-6-7-9-15(14)18)16-11(2)12(3)20-13(16)4/h6-9,17,19H,5,10H2,1-4H3. The van der Waals surface area contributed by atoms with Gasteiger partial charge in [-0.3, -0.25) is 0 Å². The Morgan fingerprint density at radius 2 is 1.85 bits per heavy atom. The molecule has 3 heteroatoms. The number of benzene rings is 1. The second kappa shape index (κ2) is 6.23. The normalized spacial score (nSPS) is 12.7. The Hall–Kier alpha value is -1.61. The molecule has 1 atom stereocenters. The van der Waals surface area contributed by atoms with Crippen molar-refractivity contribution in [2.45, 2.75) is 40.2 Å². The largest absolute Gasteiger partial charge is 0.466 e. The Morgan fingerprint density at radius 3 is 2.40 bits per heavy atom. The molecule has 2 rings (SSSR count). The van der Waals surface area contributed by atoms with Crippen molar-refractivity contribution in [2.24, 2.45) is 0 Å². The summed E-state index contributed by atoms with van der Waals surface area (Å²) in [6.45, 7) is 8.86. The fourth-order valence-electron chi connectivity index (χ4n) is 2.60. The van der Waals surface area contributed by atoms with Crippen LogP contribution < -0.4 is 5.32 Å². The van der Waals surface area contributed by atoms with E-state index in [9.17, 15) is 4.39 Å². The first kappa shape index (κ1) is 14.8. The summed E-state index contributed by atoms with van der Waals surface area (Å²) in [7, 11) is 0. The van der Waals surface area contributed by atoms with E-state index in [2.05, 4.69) is 12.2 Å². The second-order valence-corrected chi connectivity index (χ2v) is 5.16. The van der Waals surface area contributed by atoms with Crippen LogP contribution in [-0.2, 0) is 0 Å². The average Bonchev–Trinajstić information content (AvgIpc) is 2.67. The van der Waals surface area contributed by atoms with Crippen LogP contribution in [0.25, 0.3) is 0 Å². The van der Waals surface area contributed by atoms with Gasteiger partial charge in [-0.15, -0.1) is 0 Å². The van der Waals surface area contributed by atoms with Crippen LogP contribution in [0.3, 0.4) is 0 Å². The molecule has 0 aliphatic heterocycles. The number of hydrogen-bond donors (Lipinski definition) is 1. The van der Waals surface area contributed by atoms with E-state index < -0.39 is 0 Å². The first-order valence-electron chi connectivity index (χ1n) is 7.10. The van der Waals surface area contributed by atoms with E-state index in [0.717, 1.165) is 35.6 Å². The van der Waals surface area contributed by atoms with E-state index in [1.54, 1.807) is 6.07 Å². The van der Waals surface area contributed by atoms with Crippen LogP contribution in [0.5, 0.6) is 0 Å². The highest BCUT2D eigenvalue weighted by molar-refractivity contribution is 5.41. The highest BCUT2D eigenvalue weighted by atomic mass is 19.1. The van der Waals surface area contributed by atoms with Crippen LogP contribution >= 0.6 is 0 Å². The first-order valence-corrected chi connectivity index (χ1v) is 7.10. The molecule has 1 N–H and O–H groups in total. The summed E-state index contributed by atoms with van der Waals surface area (Å²) < 4.78 is 19.9. The number of aryl methyl sites for hydroxylation is 2. The van der Waals surface area contributed by atoms with Gasteiger partial charge in [-0.2, -0.15) is 0 Å². The molecule has 108 valence electrons. The number of hydrogen-bond acceptors (Lipinski definition) is 2. The lowest BCUT2D eigenvalue weighted by atomic mass is 9.95. The van der Waals surface area contributed by atoms with Gasteiger partial charge in [-0.05, 0) is 45.4 Å². The molecule has 2 aromatic rings. The minimum atomic E-state index is -0.182. The SMILES string of the molecule is CCCNC(c1ccccc1F)c1c(C)oc(C)c1C. The molecule has 0 aliphatic carbocycles. The van der Waals surface area contributed by atoms with Crippen LogP contribution in [0.15, 0.2) is 28.7 Å². The van der Waals surface area contributed by atoms with Crippen LogP contribution in [0.4, 0.5) is 4.39 Å². The zero-order valence-corrected chi connectivity index (χ0v) is 12.6. The molecule has 0 amide bonds. The summed E-state index contributed by atoms with van der Waals surface area (Å²) in [5.41, 5.74) is 2.83. The van der Waals surface area contributed by atoms with Gasteiger partial charge in [0.15, 0.2) is 0 Å². The lowest BCUT2D eigenvalue weighted by Gasteiger charge is -2.20. The van der Waals surface area contributed by atoms with Crippen molar-refractivity contribution in [1.82, 2.24) is 5.32 Å². The second-order valence-electron chi connectivity index (χ2n) is 5.16. The summed E-state index contributed by atoms with van der Waals surface area (Å²) in [4.78, 5) is 0. The van der Waals surface area contributed by atoms with Crippen molar-refractivity contribution < 1.29 is 8.81 Å². The minimum Gasteiger partial charge on any atom is -0.466 e. The zero-order valence-electron chi connectivity index (χ0n) is 12.6. The van der Waals surface area contributed by atoms with E-state index >= 15 is 0 Å². The van der Waals surface area contributed by atoms with Gasteiger partial charge in [0.25, 0.3) is 0 Å². The lowest BCUT2D eigenvalue weighted by Crippen LogP contribution is -2.25. The van der Waals surface area contributed by atoms with Crippen LogP contribution in [-0.4, -0.2) is 6.54 Å². The van der Waals surface area contributed by atoms with Gasteiger partial charge < -0.3 is 9.73 Å². The molecule has 0 fully saturated rings. The fourth-order valence-corrected chi connectivity index (χ4v) is 2.60. The van der Waals surface area contributed by atoms with Gasteiger partial charge in [-0.25, -0.2) is 4.39 Å². The molecule has 0 saturated carbocycles. The van der Waals surface area contributed by atoms with Crippen LogP contribution in [0.1, 0.15) is 47.6 Å². The van der Waals surface area contributed by atoms with Gasteiger partial charge in [-0.1, -0.05) is 25.1 Å². The predicted molar refractivity (Wildman–Crippen MR) is 79.5 cm³/mol. The van der Waals surface area contributed by atoms with Gasteiger partial charge in [0.2, 0.25) is 0 Å². The van der Waals surface area contributed by atoms with Crippen molar-refractivity contribution in [1.29, 1.82) is 0 Å². The van der Waals surface area contributed by atoms with E-state index in [-0.39, 0.29) is 11.9 Å². The van der Waals surface area contributed by atoms with E-state index in [4.69, 9.17) is 4.42 Å². The molecule has 0 saturated heterocycles. The van der Waals surface area contributed by atoms with Crippen molar-refractivity contribution in [3.63, 3.8) is 0 Å². The molecule has 0 aliphatic rings. The fraction of sp³-hybridized carbons (Fsp3) is 0.412. The molecule has 1 unspecified atom stereocenters. The summed E-state index contributed by atoms with van der Waals surface area (Å²) in [6, 6.07) is 6.78. The summed E-state index contributed by atoms with van der Waals surface area (Å²) in [5.74, 6) is 1.58. The monoisotopic (exact) mass is 275 g/mol. The third-order valence-electron chi connectivity index (χ3n) is 3.72. The van der Waals surface area contributed by atoms with Crippen molar-refractivity contribution >= 4 is 0 Å². The molecule has 20 heavy (non-hydrogen) atoms. The Balaban J connectivity index is 2.50. The predicted octanol–water partition coefficient (Wildman–Crippen LogP) is 4.43. The quantitative estimate of drug-likeness (QED) is 0.873. The van der Waals surface area contributed by atoms with Crippen molar-refractivity contribution in [2.75, 3.05) is 6.54 Å². The Bertz CT molecular complexity index is 589.